The Balaban J connectivity index is 1.84. The van der Waals surface area contributed by atoms with Crippen molar-refractivity contribution in [2.45, 2.75) is 32.9 Å². The number of carbonyl (C=O) groups is 1. The minimum Gasteiger partial charge on any atom is -0.383 e. The zero-order valence-corrected chi connectivity index (χ0v) is 16.8. The molecule has 0 atom stereocenters. The molecule has 2 aromatic heterocycles. The second kappa shape index (κ2) is 8.76. The molecule has 0 unspecified atom stereocenters. The third-order valence-corrected chi connectivity index (χ3v) is 4.70. The van der Waals surface area contributed by atoms with Gasteiger partial charge in [0, 0.05) is 19.8 Å². The van der Waals surface area contributed by atoms with Gasteiger partial charge in [-0.3, -0.25) is 23.4 Å². The molecule has 0 radical (unpaired) electrons. The third-order valence-electron chi connectivity index (χ3n) is 4.70. The van der Waals surface area contributed by atoms with E-state index in [0.717, 1.165) is 15.6 Å². The first-order valence-electron chi connectivity index (χ1n) is 9.49. The number of aromatic nitrogens is 4. The van der Waals surface area contributed by atoms with Crippen LogP contribution in [0.2, 0.25) is 0 Å². The number of benzene rings is 1. The van der Waals surface area contributed by atoms with E-state index in [1.165, 1.54) is 36.3 Å². The Morgan fingerprint density at radius 2 is 2.07 bits per heavy atom. The molecule has 30 heavy (non-hydrogen) atoms. The molecule has 3 rings (SSSR count). The molecule has 0 aliphatic heterocycles. The monoisotopic (exact) mass is 414 g/mol. The summed E-state index contributed by atoms with van der Waals surface area (Å²) < 4.78 is 17.0. The molecule has 1 aromatic carbocycles. The van der Waals surface area contributed by atoms with E-state index in [0.29, 0.717) is 12.0 Å². The first-order chi connectivity index (χ1) is 14.3. The molecule has 3 N–H and O–H groups in total. The average molecular weight is 414 g/mol. The molecule has 0 aliphatic carbocycles. The molecule has 158 valence electrons. The second-order valence-corrected chi connectivity index (χ2v) is 6.92. The number of hydrogen-bond acceptors (Lipinski definition) is 5. The van der Waals surface area contributed by atoms with Crippen LogP contribution in [0.25, 0.3) is 0 Å². The van der Waals surface area contributed by atoms with E-state index in [1.54, 1.807) is 12.1 Å². The van der Waals surface area contributed by atoms with E-state index in [1.807, 2.05) is 6.92 Å². The Morgan fingerprint density at radius 3 is 2.77 bits per heavy atom. The fourth-order valence-corrected chi connectivity index (χ4v) is 2.99. The van der Waals surface area contributed by atoms with Crippen molar-refractivity contribution in [3.05, 3.63) is 74.4 Å². The lowest BCUT2D eigenvalue weighted by molar-refractivity contribution is 0.102. The number of unbranched alkanes of at least 4 members (excludes halogenated alkanes) is 1. The van der Waals surface area contributed by atoms with Crippen molar-refractivity contribution in [3.63, 3.8) is 0 Å². The number of nitrogens with one attached hydrogen (secondary N) is 1. The van der Waals surface area contributed by atoms with Gasteiger partial charge in [0.2, 0.25) is 0 Å². The Bertz CT molecular complexity index is 1190. The Morgan fingerprint density at radius 1 is 1.30 bits per heavy atom. The van der Waals surface area contributed by atoms with Crippen molar-refractivity contribution in [2.24, 2.45) is 7.05 Å². The zero-order chi connectivity index (χ0) is 21.8. The molecule has 0 spiro atoms. The number of nitrogens with two attached hydrogens (primary N) is 1. The van der Waals surface area contributed by atoms with E-state index in [9.17, 15) is 18.8 Å². The SMILES string of the molecule is CCCCn1c(=O)c(NC(=O)c2cnn(Cc3cccc(F)c3)c2)c(N)n(C)c1=O. The van der Waals surface area contributed by atoms with E-state index < -0.39 is 17.2 Å². The third kappa shape index (κ3) is 4.32. The van der Waals surface area contributed by atoms with Gasteiger partial charge in [-0.15, -0.1) is 0 Å². The summed E-state index contributed by atoms with van der Waals surface area (Å²) in [6, 6.07) is 6.06. The van der Waals surface area contributed by atoms with Crippen LogP contribution in [0.1, 0.15) is 35.7 Å². The lowest BCUT2D eigenvalue weighted by Crippen LogP contribution is -2.42. The Hall–Kier alpha value is -3.69. The highest BCUT2D eigenvalue weighted by Crippen LogP contribution is 2.12. The van der Waals surface area contributed by atoms with Crippen molar-refractivity contribution in [1.29, 1.82) is 0 Å². The minimum atomic E-state index is -0.649. The van der Waals surface area contributed by atoms with E-state index in [2.05, 4.69) is 10.4 Å². The van der Waals surface area contributed by atoms with Gasteiger partial charge < -0.3 is 11.1 Å². The fourth-order valence-electron chi connectivity index (χ4n) is 2.99. The maximum absolute atomic E-state index is 13.3. The summed E-state index contributed by atoms with van der Waals surface area (Å²) >= 11 is 0. The molecule has 0 saturated carbocycles. The summed E-state index contributed by atoms with van der Waals surface area (Å²) in [5.74, 6) is -1.08. The van der Waals surface area contributed by atoms with Crippen LogP contribution in [-0.4, -0.2) is 24.8 Å². The smallest absolute Gasteiger partial charge is 0.332 e. The van der Waals surface area contributed by atoms with E-state index >= 15 is 0 Å². The van der Waals surface area contributed by atoms with Crippen LogP contribution < -0.4 is 22.3 Å². The Kier molecular flexibility index (Phi) is 6.14. The first-order valence-corrected chi connectivity index (χ1v) is 9.49. The van der Waals surface area contributed by atoms with Crippen LogP contribution in [0, 0.1) is 5.82 Å². The number of anilines is 2. The lowest BCUT2D eigenvalue weighted by Gasteiger charge is -2.14. The van der Waals surface area contributed by atoms with Crippen molar-refractivity contribution in [3.8, 4) is 0 Å². The number of carbonyl (C=O) groups excluding carboxylic acids is 1. The predicted octanol–water partition coefficient (Wildman–Crippen LogP) is 1.57. The highest BCUT2D eigenvalue weighted by atomic mass is 19.1. The summed E-state index contributed by atoms with van der Waals surface area (Å²) in [4.78, 5) is 37.7. The number of amides is 1. The molecular weight excluding hydrogens is 391 g/mol. The van der Waals surface area contributed by atoms with Gasteiger partial charge in [0.15, 0.2) is 0 Å². The topological polar surface area (TPSA) is 117 Å². The van der Waals surface area contributed by atoms with Crippen molar-refractivity contribution in [1.82, 2.24) is 18.9 Å². The maximum Gasteiger partial charge on any atom is 0.332 e. The summed E-state index contributed by atoms with van der Waals surface area (Å²) in [6.45, 7) is 2.45. The molecule has 0 bridgehead atoms. The van der Waals surface area contributed by atoms with Crippen LogP contribution >= 0.6 is 0 Å². The van der Waals surface area contributed by atoms with Crippen molar-refractivity contribution >= 4 is 17.4 Å². The summed E-state index contributed by atoms with van der Waals surface area (Å²) in [7, 11) is 1.44. The first kappa shape index (κ1) is 21.0. The molecule has 2 heterocycles. The standard InChI is InChI=1S/C20H23FN6O3/c1-3-4-8-27-19(29)16(17(22)25(2)20(27)30)24-18(28)14-10-23-26(12-14)11-13-6-5-7-15(21)9-13/h5-7,9-10,12H,3-4,8,11,22H2,1-2H3,(H,24,28). The van der Waals surface area contributed by atoms with Gasteiger partial charge >= 0.3 is 5.69 Å². The van der Waals surface area contributed by atoms with Crippen LogP contribution in [0.5, 0.6) is 0 Å². The molecule has 10 heteroatoms. The second-order valence-electron chi connectivity index (χ2n) is 6.92. The normalized spacial score (nSPS) is 10.9. The van der Waals surface area contributed by atoms with Gasteiger partial charge in [-0.1, -0.05) is 25.5 Å². The van der Waals surface area contributed by atoms with Crippen molar-refractivity contribution < 1.29 is 9.18 Å². The number of hydrogen-bond donors (Lipinski definition) is 2. The highest BCUT2D eigenvalue weighted by Gasteiger charge is 2.19. The molecule has 1 amide bonds. The quantitative estimate of drug-likeness (QED) is 0.609. The van der Waals surface area contributed by atoms with Crippen LogP contribution in [0.15, 0.2) is 46.2 Å². The zero-order valence-electron chi connectivity index (χ0n) is 16.8. The molecular formula is C20H23FN6O3. The maximum atomic E-state index is 13.3. The molecule has 9 nitrogen and oxygen atoms in total. The average Bonchev–Trinajstić information content (AvgIpc) is 3.18. The molecule has 0 saturated heterocycles. The van der Waals surface area contributed by atoms with Gasteiger partial charge in [0.25, 0.3) is 11.5 Å². The number of halogens is 1. The van der Waals surface area contributed by atoms with Gasteiger partial charge in [0.1, 0.15) is 17.3 Å². The van der Waals surface area contributed by atoms with Crippen molar-refractivity contribution in [2.75, 3.05) is 11.1 Å². The van der Waals surface area contributed by atoms with Crippen LogP contribution in [-0.2, 0) is 20.1 Å². The molecule has 0 fully saturated rings. The lowest BCUT2D eigenvalue weighted by atomic mass is 10.2. The highest BCUT2D eigenvalue weighted by molar-refractivity contribution is 6.05. The van der Waals surface area contributed by atoms with Gasteiger partial charge in [-0.05, 0) is 24.1 Å². The predicted molar refractivity (Wildman–Crippen MR) is 111 cm³/mol. The molecule has 0 aliphatic rings. The van der Waals surface area contributed by atoms with Gasteiger partial charge in [-0.2, -0.15) is 5.10 Å². The van der Waals surface area contributed by atoms with Gasteiger partial charge in [-0.25, -0.2) is 9.18 Å². The van der Waals surface area contributed by atoms with E-state index in [-0.39, 0.29) is 36.0 Å². The molecule has 3 aromatic rings. The summed E-state index contributed by atoms with van der Waals surface area (Å²) in [5.41, 5.74) is 5.45. The fraction of sp³-hybridized carbons (Fsp3) is 0.300. The van der Waals surface area contributed by atoms with Crippen LogP contribution in [0.3, 0.4) is 0 Å². The largest absolute Gasteiger partial charge is 0.383 e. The number of nitrogen functional groups attached to an aromatic ring is 1. The Labute approximate surface area is 171 Å². The number of rotatable bonds is 7. The van der Waals surface area contributed by atoms with E-state index in [4.69, 9.17) is 5.73 Å². The van der Waals surface area contributed by atoms with Crippen LogP contribution in [0.4, 0.5) is 15.9 Å². The summed E-state index contributed by atoms with van der Waals surface area (Å²) in [5, 5.41) is 6.60. The van der Waals surface area contributed by atoms with Gasteiger partial charge in [0.05, 0.1) is 18.3 Å². The summed E-state index contributed by atoms with van der Waals surface area (Å²) in [6.07, 6.45) is 4.25. The number of nitrogens with zero attached hydrogens (tertiary/aromatic N) is 4. The minimum absolute atomic E-state index is 0.127.